The number of pyridine rings is 1. The van der Waals surface area contributed by atoms with Gasteiger partial charge in [0.05, 0.1) is 0 Å². The first-order chi connectivity index (χ1) is 9.74. The van der Waals surface area contributed by atoms with Gasteiger partial charge < -0.3 is 4.90 Å². The monoisotopic (exact) mass is 266 g/mol. The van der Waals surface area contributed by atoms with Crippen LogP contribution >= 0.6 is 0 Å². The maximum Gasteiger partial charge on any atom is 0.159 e. The van der Waals surface area contributed by atoms with Crippen LogP contribution in [0.5, 0.6) is 0 Å². The van der Waals surface area contributed by atoms with Crippen molar-refractivity contribution in [2.24, 2.45) is 0 Å². The molecule has 0 bridgehead atoms. The van der Waals surface area contributed by atoms with Gasteiger partial charge in [0.15, 0.2) is 5.78 Å². The summed E-state index contributed by atoms with van der Waals surface area (Å²) in [6.07, 6.45) is 5.76. The Morgan fingerprint density at radius 2 is 2.25 bits per heavy atom. The average Bonchev–Trinajstić information content (AvgIpc) is 2.88. The van der Waals surface area contributed by atoms with E-state index >= 15 is 0 Å². The number of carbonyl (C=O) groups excluding carboxylic acids is 1. The predicted octanol–water partition coefficient (Wildman–Crippen LogP) is 2.89. The molecule has 1 aliphatic heterocycles. The van der Waals surface area contributed by atoms with E-state index in [1.807, 2.05) is 24.4 Å². The SMILES string of the molecule is CC(=O)c1ccc2c(c1)CCN2CCc1cccnc1. The van der Waals surface area contributed by atoms with E-state index in [1.54, 1.807) is 13.1 Å². The Labute approximate surface area is 119 Å². The summed E-state index contributed by atoms with van der Waals surface area (Å²) in [5.41, 5.74) is 4.65. The fourth-order valence-corrected chi connectivity index (χ4v) is 2.73. The van der Waals surface area contributed by atoms with Crippen LogP contribution in [0.4, 0.5) is 5.69 Å². The number of hydrogen-bond acceptors (Lipinski definition) is 3. The van der Waals surface area contributed by atoms with Gasteiger partial charge in [-0.1, -0.05) is 6.07 Å². The summed E-state index contributed by atoms with van der Waals surface area (Å²) in [5, 5.41) is 0. The van der Waals surface area contributed by atoms with Gasteiger partial charge >= 0.3 is 0 Å². The number of ketones is 1. The average molecular weight is 266 g/mol. The number of fused-ring (bicyclic) bond motifs is 1. The largest absolute Gasteiger partial charge is 0.371 e. The molecular formula is C17H18N2O. The van der Waals surface area contributed by atoms with Crippen LogP contribution in [0.15, 0.2) is 42.7 Å². The van der Waals surface area contributed by atoms with Gasteiger partial charge in [-0.15, -0.1) is 0 Å². The van der Waals surface area contributed by atoms with E-state index in [1.165, 1.54) is 16.8 Å². The second-order valence-corrected chi connectivity index (χ2v) is 5.25. The van der Waals surface area contributed by atoms with Gasteiger partial charge in [-0.25, -0.2) is 0 Å². The molecule has 2 aromatic rings. The molecule has 102 valence electrons. The number of hydrogen-bond donors (Lipinski definition) is 0. The summed E-state index contributed by atoms with van der Waals surface area (Å²) in [4.78, 5) is 18.0. The number of benzene rings is 1. The van der Waals surface area contributed by atoms with Gasteiger partial charge in [0.1, 0.15) is 0 Å². The molecule has 0 saturated carbocycles. The van der Waals surface area contributed by atoms with E-state index in [4.69, 9.17) is 0 Å². The lowest BCUT2D eigenvalue weighted by Crippen LogP contribution is -2.23. The zero-order valence-electron chi connectivity index (χ0n) is 11.7. The van der Waals surface area contributed by atoms with Crippen molar-refractivity contribution in [3.05, 3.63) is 59.4 Å². The smallest absolute Gasteiger partial charge is 0.159 e. The van der Waals surface area contributed by atoms with Crippen molar-refractivity contribution >= 4 is 11.5 Å². The zero-order valence-corrected chi connectivity index (χ0v) is 11.7. The minimum Gasteiger partial charge on any atom is -0.371 e. The highest BCUT2D eigenvalue weighted by atomic mass is 16.1. The molecular weight excluding hydrogens is 248 g/mol. The van der Waals surface area contributed by atoms with Crippen molar-refractivity contribution in [3.63, 3.8) is 0 Å². The Morgan fingerprint density at radius 1 is 1.35 bits per heavy atom. The highest BCUT2D eigenvalue weighted by molar-refractivity contribution is 5.94. The lowest BCUT2D eigenvalue weighted by atomic mass is 10.1. The molecule has 0 fully saturated rings. The molecule has 20 heavy (non-hydrogen) atoms. The summed E-state index contributed by atoms with van der Waals surface area (Å²) >= 11 is 0. The standard InChI is InChI=1S/C17H18N2O/c1-13(20)15-4-5-17-16(11-15)7-10-19(17)9-6-14-3-2-8-18-12-14/h2-5,8,11-12H,6-7,9-10H2,1H3. The highest BCUT2D eigenvalue weighted by Crippen LogP contribution is 2.29. The van der Waals surface area contributed by atoms with Crippen molar-refractivity contribution in [1.29, 1.82) is 0 Å². The van der Waals surface area contributed by atoms with Crippen molar-refractivity contribution in [2.75, 3.05) is 18.0 Å². The molecule has 1 aliphatic rings. The van der Waals surface area contributed by atoms with Crippen molar-refractivity contribution in [2.45, 2.75) is 19.8 Å². The fraction of sp³-hybridized carbons (Fsp3) is 0.294. The van der Waals surface area contributed by atoms with Crippen LogP contribution in [0.25, 0.3) is 0 Å². The van der Waals surface area contributed by atoms with Crippen LogP contribution in [0.2, 0.25) is 0 Å². The predicted molar refractivity (Wildman–Crippen MR) is 80.3 cm³/mol. The van der Waals surface area contributed by atoms with Crippen molar-refractivity contribution < 1.29 is 4.79 Å². The third-order valence-corrected chi connectivity index (χ3v) is 3.87. The lowest BCUT2D eigenvalue weighted by Gasteiger charge is -2.19. The van der Waals surface area contributed by atoms with E-state index in [0.717, 1.165) is 31.5 Å². The third-order valence-electron chi connectivity index (χ3n) is 3.87. The number of Topliss-reactive ketones (excluding diaryl/α,β-unsaturated/α-hetero) is 1. The van der Waals surface area contributed by atoms with Gasteiger partial charge in [-0.2, -0.15) is 0 Å². The van der Waals surface area contributed by atoms with E-state index in [2.05, 4.69) is 22.0 Å². The Morgan fingerprint density at radius 3 is 3.00 bits per heavy atom. The van der Waals surface area contributed by atoms with Crippen LogP contribution in [0.3, 0.4) is 0 Å². The molecule has 3 rings (SSSR count). The summed E-state index contributed by atoms with van der Waals surface area (Å²) in [6.45, 7) is 3.66. The van der Waals surface area contributed by atoms with Gasteiger partial charge in [-0.05, 0) is 55.2 Å². The van der Waals surface area contributed by atoms with Crippen molar-refractivity contribution in [1.82, 2.24) is 4.98 Å². The number of aromatic nitrogens is 1. The fourth-order valence-electron chi connectivity index (χ4n) is 2.73. The number of carbonyl (C=O) groups is 1. The first-order valence-electron chi connectivity index (χ1n) is 7.02. The summed E-state index contributed by atoms with van der Waals surface area (Å²) < 4.78 is 0. The van der Waals surface area contributed by atoms with E-state index in [-0.39, 0.29) is 5.78 Å². The molecule has 0 N–H and O–H groups in total. The minimum absolute atomic E-state index is 0.140. The quantitative estimate of drug-likeness (QED) is 0.798. The van der Waals surface area contributed by atoms with Crippen LogP contribution in [-0.4, -0.2) is 23.9 Å². The van der Waals surface area contributed by atoms with Crippen molar-refractivity contribution in [3.8, 4) is 0 Å². The molecule has 2 heterocycles. The Balaban J connectivity index is 1.72. The van der Waals surface area contributed by atoms with Crippen LogP contribution in [-0.2, 0) is 12.8 Å². The van der Waals surface area contributed by atoms with E-state index < -0.39 is 0 Å². The van der Waals surface area contributed by atoms with Gasteiger partial charge in [0, 0.05) is 36.7 Å². The molecule has 3 heteroatoms. The molecule has 0 saturated heterocycles. The van der Waals surface area contributed by atoms with Crippen LogP contribution in [0, 0.1) is 0 Å². The molecule has 0 amide bonds. The Kier molecular flexibility index (Phi) is 3.50. The first kappa shape index (κ1) is 12.9. The normalized spacial score (nSPS) is 13.3. The van der Waals surface area contributed by atoms with Gasteiger partial charge in [0.2, 0.25) is 0 Å². The minimum atomic E-state index is 0.140. The Hall–Kier alpha value is -2.16. The Bertz CT molecular complexity index is 622. The first-order valence-corrected chi connectivity index (χ1v) is 7.02. The van der Waals surface area contributed by atoms with Crippen LogP contribution in [0.1, 0.15) is 28.4 Å². The summed E-state index contributed by atoms with van der Waals surface area (Å²) in [6, 6.07) is 10.2. The molecule has 1 aromatic carbocycles. The molecule has 0 spiro atoms. The summed E-state index contributed by atoms with van der Waals surface area (Å²) in [5.74, 6) is 0.140. The van der Waals surface area contributed by atoms with Gasteiger partial charge in [-0.3, -0.25) is 9.78 Å². The molecule has 1 aromatic heterocycles. The number of anilines is 1. The summed E-state index contributed by atoms with van der Waals surface area (Å²) in [7, 11) is 0. The molecule has 3 nitrogen and oxygen atoms in total. The van der Waals surface area contributed by atoms with Crippen LogP contribution < -0.4 is 4.90 Å². The topological polar surface area (TPSA) is 33.2 Å². The van der Waals surface area contributed by atoms with E-state index in [0.29, 0.717) is 0 Å². The molecule has 0 unspecified atom stereocenters. The number of rotatable bonds is 4. The lowest BCUT2D eigenvalue weighted by molar-refractivity contribution is 0.101. The van der Waals surface area contributed by atoms with Gasteiger partial charge in [0.25, 0.3) is 0 Å². The molecule has 0 aliphatic carbocycles. The maximum atomic E-state index is 11.4. The molecule has 0 radical (unpaired) electrons. The zero-order chi connectivity index (χ0) is 13.9. The second-order valence-electron chi connectivity index (χ2n) is 5.25. The molecule has 0 atom stereocenters. The second kappa shape index (κ2) is 5.45. The maximum absolute atomic E-state index is 11.4. The third kappa shape index (κ3) is 2.57. The number of nitrogens with zero attached hydrogens (tertiary/aromatic N) is 2. The van der Waals surface area contributed by atoms with E-state index in [9.17, 15) is 4.79 Å². The highest BCUT2D eigenvalue weighted by Gasteiger charge is 2.19.